The van der Waals surface area contributed by atoms with Crippen LogP contribution in [0, 0.1) is 0 Å². The molecule has 4 nitrogen and oxygen atoms in total. The molecule has 110 valence electrons. The van der Waals surface area contributed by atoms with Crippen molar-refractivity contribution in [2.75, 3.05) is 18.0 Å². The fourth-order valence-electron chi connectivity index (χ4n) is 2.53. The van der Waals surface area contributed by atoms with Gasteiger partial charge in [0, 0.05) is 19.2 Å². The van der Waals surface area contributed by atoms with E-state index in [1.54, 1.807) is 0 Å². The van der Waals surface area contributed by atoms with Gasteiger partial charge in [-0.1, -0.05) is 36.4 Å². The molecule has 0 aliphatic carbocycles. The molecule has 1 fully saturated rings. The summed E-state index contributed by atoms with van der Waals surface area (Å²) in [6.07, 6.45) is 0.768. The molecular formula is C17H20N2O2. The Balaban J connectivity index is 1.66. The molecule has 3 rings (SSSR count). The second-order valence-electron chi connectivity index (χ2n) is 5.78. The quantitative estimate of drug-likeness (QED) is 0.937. The Labute approximate surface area is 125 Å². The van der Waals surface area contributed by atoms with Gasteiger partial charge in [-0.25, -0.2) is 0 Å². The van der Waals surface area contributed by atoms with Crippen molar-refractivity contribution in [1.82, 2.24) is 4.98 Å². The number of pyridine rings is 1. The molecule has 1 saturated heterocycles. The highest BCUT2D eigenvalue weighted by Crippen LogP contribution is 2.26. The fraction of sp³-hybridized carbons (Fsp3) is 0.353. The summed E-state index contributed by atoms with van der Waals surface area (Å²) in [7, 11) is 0. The summed E-state index contributed by atoms with van der Waals surface area (Å²) in [4.78, 5) is 6.62. The van der Waals surface area contributed by atoms with E-state index in [1.807, 2.05) is 55.5 Å². The number of aliphatic hydroxyl groups is 1. The summed E-state index contributed by atoms with van der Waals surface area (Å²) in [5, 5.41) is 10.0. The molecule has 0 saturated carbocycles. The Hall–Kier alpha value is -2.07. The van der Waals surface area contributed by atoms with Crippen molar-refractivity contribution >= 4 is 5.82 Å². The third kappa shape index (κ3) is 3.52. The van der Waals surface area contributed by atoms with E-state index in [4.69, 9.17) is 4.74 Å². The molecule has 0 bridgehead atoms. The van der Waals surface area contributed by atoms with Gasteiger partial charge in [0.1, 0.15) is 12.4 Å². The molecule has 0 spiro atoms. The highest BCUT2D eigenvalue weighted by molar-refractivity contribution is 5.42. The molecule has 2 aromatic rings. The minimum Gasteiger partial charge on any atom is -0.473 e. The van der Waals surface area contributed by atoms with E-state index in [0.717, 1.165) is 24.3 Å². The zero-order valence-corrected chi connectivity index (χ0v) is 12.2. The third-order valence-electron chi connectivity index (χ3n) is 3.71. The van der Waals surface area contributed by atoms with Crippen molar-refractivity contribution < 1.29 is 9.84 Å². The van der Waals surface area contributed by atoms with Gasteiger partial charge in [0.05, 0.1) is 5.60 Å². The number of benzene rings is 1. The number of β-amino-alcohol motifs (C(OH)–C–C–N with tert-alkyl or cyclic N) is 1. The number of nitrogens with zero attached hydrogens (tertiary/aromatic N) is 2. The molecule has 1 aliphatic heterocycles. The van der Waals surface area contributed by atoms with Gasteiger partial charge in [-0.05, 0) is 25.0 Å². The largest absolute Gasteiger partial charge is 0.473 e. The van der Waals surface area contributed by atoms with Crippen molar-refractivity contribution in [3.63, 3.8) is 0 Å². The Morgan fingerprint density at radius 2 is 2.00 bits per heavy atom. The van der Waals surface area contributed by atoms with Crippen LogP contribution in [0.5, 0.6) is 5.88 Å². The van der Waals surface area contributed by atoms with E-state index in [1.165, 1.54) is 0 Å². The fourth-order valence-corrected chi connectivity index (χ4v) is 2.53. The van der Waals surface area contributed by atoms with Gasteiger partial charge < -0.3 is 14.7 Å². The first-order valence-electron chi connectivity index (χ1n) is 7.24. The number of anilines is 1. The minimum absolute atomic E-state index is 0.509. The van der Waals surface area contributed by atoms with Gasteiger partial charge in [0.15, 0.2) is 0 Å². The Morgan fingerprint density at radius 1 is 1.19 bits per heavy atom. The topological polar surface area (TPSA) is 45.6 Å². The summed E-state index contributed by atoms with van der Waals surface area (Å²) >= 11 is 0. The SMILES string of the molecule is CC1(O)CCN(c2cccc(OCc3ccccc3)n2)C1. The lowest BCUT2D eigenvalue weighted by Gasteiger charge is -2.20. The average molecular weight is 284 g/mol. The molecular weight excluding hydrogens is 264 g/mol. The molecule has 0 amide bonds. The summed E-state index contributed by atoms with van der Waals surface area (Å²) in [5.41, 5.74) is 0.497. The van der Waals surface area contributed by atoms with Crippen LogP contribution in [-0.4, -0.2) is 28.8 Å². The van der Waals surface area contributed by atoms with E-state index < -0.39 is 5.60 Å². The zero-order chi connectivity index (χ0) is 14.7. The second kappa shape index (κ2) is 5.74. The van der Waals surface area contributed by atoms with Crippen LogP contribution in [0.1, 0.15) is 18.9 Å². The molecule has 1 aromatic carbocycles. The van der Waals surface area contributed by atoms with Crippen LogP contribution in [0.2, 0.25) is 0 Å². The van der Waals surface area contributed by atoms with Crippen molar-refractivity contribution in [1.29, 1.82) is 0 Å². The maximum Gasteiger partial charge on any atom is 0.215 e. The van der Waals surface area contributed by atoms with Crippen molar-refractivity contribution in [2.24, 2.45) is 0 Å². The highest BCUT2D eigenvalue weighted by atomic mass is 16.5. The van der Waals surface area contributed by atoms with Crippen LogP contribution in [0.4, 0.5) is 5.82 Å². The standard InChI is InChI=1S/C17H20N2O2/c1-17(20)10-11-19(13-17)15-8-5-9-16(18-15)21-12-14-6-3-2-4-7-14/h2-9,20H,10-13H2,1H3. The number of hydrogen-bond acceptors (Lipinski definition) is 4. The third-order valence-corrected chi connectivity index (χ3v) is 3.71. The van der Waals surface area contributed by atoms with Crippen LogP contribution in [-0.2, 0) is 6.61 Å². The van der Waals surface area contributed by atoms with Gasteiger partial charge in [-0.15, -0.1) is 0 Å². The number of hydrogen-bond donors (Lipinski definition) is 1. The van der Waals surface area contributed by atoms with Crippen LogP contribution in [0.15, 0.2) is 48.5 Å². The van der Waals surface area contributed by atoms with Gasteiger partial charge >= 0.3 is 0 Å². The molecule has 2 heterocycles. The second-order valence-corrected chi connectivity index (χ2v) is 5.78. The maximum atomic E-state index is 10.0. The van der Waals surface area contributed by atoms with E-state index in [2.05, 4.69) is 9.88 Å². The molecule has 0 radical (unpaired) electrons. The lowest BCUT2D eigenvalue weighted by atomic mass is 10.1. The molecule has 1 aromatic heterocycles. The Kier molecular flexibility index (Phi) is 3.80. The Morgan fingerprint density at radius 3 is 2.71 bits per heavy atom. The average Bonchev–Trinajstić information content (AvgIpc) is 2.87. The summed E-state index contributed by atoms with van der Waals surface area (Å²) in [6.45, 7) is 3.81. The molecule has 1 N–H and O–H groups in total. The molecule has 1 unspecified atom stereocenters. The summed E-state index contributed by atoms with van der Waals surface area (Å²) < 4.78 is 5.74. The van der Waals surface area contributed by atoms with E-state index >= 15 is 0 Å². The van der Waals surface area contributed by atoms with Gasteiger partial charge in [-0.2, -0.15) is 4.98 Å². The predicted octanol–water partition coefficient (Wildman–Crippen LogP) is 2.62. The summed E-state index contributed by atoms with van der Waals surface area (Å²) in [6, 6.07) is 15.8. The summed E-state index contributed by atoms with van der Waals surface area (Å²) in [5.74, 6) is 1.47. The predicted molar refractivity (Wildman–Crippen MR) is 82.5 cm³/mol. The molecule has 4 heteroatoms. The first kappa shape index (κ1) is 13.9. The zero-order valence-electron chi connectivity index (χ0n) is 12.2. The Bertz CT molecular complexity index is 599. The molecule has 21 heavy (non-hydrogen) atoms. The van der Waals surface area contributed by atoms with Gasteiger partial charge in [0.25, 0.3) is 0 Å². The van der Waals surface area contributed by atoms with E-state index in [0.29, 0.717) is 19.0 Å². The number of rotatable bonds is 4. The van der Waals surface area contributed by atoms with E-state index in [-0.39, 0.29) is 0 Å². The normalized spacial score (nSPS) is 21.5. The van der Waals surface area contributed by atoms with Crippen LogP contribution >= 0.6 is 0 Å². The van der Waals surface area contributed by atoms with Crippen LogP contribution < -0.4 is 9.64 Å². The van der Waals surface area contributed by atoms with Crippen LogP contribution in [0.3, 0.4) is 0 Å². The smallest absolute Gasteiger partial charge is 0.215 e. The monoisotopic (exact) mass is 284 g/mol. The van der Waals surface area contributed by atoms with Crippen molar-refractivity contribution in [3.8, 4) is 5.88 Å². The maximum absolute atomic E-state index is 10.0. The van der Waals surface area contributed by atoms with Gasteiger partial charge in [0.2, 0.25) is 5.88 Å². The van der Waals surface area contributed by atoms with Crippen LogP contribution in [0.25, 0.3) is 0 Å². The lowest BCUT2D eigenvalue weighted by molar-refractivity contribution is 0.0839. The minimum atomic E-state index is -0.622. The van der Waals surface area contributed by atoms with Gasteiger partial charge in [-0.3, -0.25) is 0 Å². The van der Waals surface area contributed by atoms with Crippen molar-refractivity contribution in [3.05, 3.63) is 54.1 Å². The molecule has 1 atom stereocenters. The first-order valence-corrected chi connectivity index (χ1v) is 7.24. The van der Waals surface area contributed by atoms with Crippen molar-refractivity contribution in [2.45, 2.75) is 25.6 Å². The highest BCUT2D eigenvalue weighted by Gasteiger charge is 2.31. The lowest BCUT2D eigenvalue weighted by Crippen LogP contribution is -2.29. The van der Waals surface area contributed by atoms with E-state index in [9.17, 15) is 5.11 Å². The number of ether oxygens (including phenoxy) is 1. The number of aromatic nitrogens is 1. The first-order chi connectivity index (χ1) is 10.1. The molecule has 1 aliphatic rings.